The topological polar surface area (TPSA) is 54.1 Å². The van der Waals surface area contributed by atoms with Gasteiger partial charge in [-0.1, -0.05) is 24.3 Å². The van der Waals surface area contributed by atoms with Crippen LogP contribution in [0.3, 0.4) is 0 Å². The van der Waals surface area contributed by atoms with E-state index in [2.05, 4.69) is 0 Å². The number of hydrogen-bond donors (Lipinski definition) is 0. The molecule has 0 aliphatic carbocycles. The predicted octanol–water partition coefficient (Wildman–Crippen LogP) is 3.67. The maximum Gasteiger partial charge on any atom is 0.138 e. The fourth-order valence-corrected chi connectivity index (χ4v) is 2.44. The zero-order valence-electron chi connectivity index (χ0n) is 14.4. The van der Waals surface area contributed by atoms with Gasteiger partial charge in [0.15, 0.2) is 0 Å². The van der Waals surface area contributed by atoms with Crippen molar-refractivity contribution in [1.82, 2.24) is 0 Å². The molecule has 0 N–H and O–H groups in total. The number of allylic oxidation sites excluding steroid dienone is 1. The standard InChI is InChI=1S/C20H20N4/c1-23(2)18-9-5-15(6-10-18)20(17(13-21)14-22)16-7-11-19(12-8-16)24(3)4/h5-12H,1-4H3. The molecule has 0 saturated carbocycles. The van der Waals surface area contributed by atoms with Gasteiger partial charge in [0.2, 0.25) is 0 Å². The maximum absolute atomic E-state index is 9.36. The highest BCUT2D eigenvalue weighted by Gasteiger charge is 2.12. The van der Waals surface area contributed by atoms with Crippen molar-refractivity contribution in [2.45, 2.75) is 0 Å². The summed E-state index contributed by atoms with van der Waals surface area (Å²) < 4.78 is 0. The second-order valence-corrected chi connectivity index (χ2v) is 5.86. The minimum Gasteiger partial charge on any atom is -0.378 e. The minimum absolute atomic E-state index is 0.116. The number of hydrogen-bond acceptors (Lipinski definition) is 4. The summed E-state index contributed by atoms with van der Waals surface area (Å²) in [5.41, 5.74) is 4.63. The van der Waals surface area contributed by atoms with Crippen LogP contribution in [0.4, 0.5) is 11.4 Å². The number of nitrogens with zero attached hydrogens (tertiary/aromatic N) is 4. The normalized spacial score (nSPS) is 9.58. The molecule has 0 saturated heterocycles. The molecule has 4 nitrogen and oxygen atoms in total. The van der Waals surface area contributed by atoms with Gasteiger partial charge in [0.25, 0.3) is 0 Å². The summed E-state index contributed by atoms with van der Waals surface area (Å²) in [7, 11) is 7.90. The number of rotatable bonds is 4. The smallest absolute Gasteiger partial charge is 0.138 e. The molecule has 2 aromatic carbocycles. The molecule has 4 heteroatoms. The van der Waals surface area contributed by atoms with Gasteiger partial charge in [-0.05, 0) is 35.4 Å². The Bertz CT molecular complexity index is 744. The van der Waals surface area contributed by atoms with Gasteiger partial charge in [0, 0.05) is 45.1 Å². The summed E-state index contributed by atoms with van der Waals surface area (Å²) in [4.78, 5) is 4.02. The minimum atomic E-state index is 0.116. The van der Waals surface area contributed by atoms with Gasteiger partial charge in [-0.15, -0.1) is 0 Å². The molecule has 0 fully saturated rings. The average molecular weight is 316 g/mol. The molecule has 24 heavy (non-hydrogen) atoms. The van der Waals surface area contributed by atoms with Gasteiger partial charge in [-0.2, -0.15) is 10.5 Å². The van der Waals surface area contributed by atoms with E-state index in [1.54, 1.807) is 0 Å². The van der Waals surface area contributed by atoms with Crippen molar-refractivity contribution in [2.75, 3.05) is 38.0 Å². The van der Waals surface area contributed by atoms with Crippen LogP contribution in [-0.2, 0) is 0 Å². The Labute approximate surface area is 143 Å². The second-order valence-electron chi connectivity index (χ2n) is 5.86. The van der Waals surface area contributed by atoms with Crippen LogP contribution in [0.25, 0.3) is 5.57 Å². The van der Waals surface area contributed by atoms with Crippen LogP contribution in [-0.4, -0.2) is 28.2 Å². The number of anilines is 2. The van der Waals surface area contributed by atoms with E-state index < -0.39 is 0 Å². The van der Waals surface area contributed by atoms with Crippen LogP contribution in [0.1, 0.15) is 11.1 Å². The van der Waals surface area contributed by atoms with E-state index in [1.807, 2.05) is 98.7 Å². The van der Waals surface area contributed by atoms with E-state index in [0.717, 1.165) is 22.5 Å². The molecule has 120 valence electrons. The van der Waals surface area contributed by atoms with Crippen molar-refractivity contribution in [3.05, 3.63) is 65.2 Å². The largest absolute Gasteiger partial charge is 0.378 e. The molecule has 0 heterocycles. The lowest BCUT2D eigenvalue weighted by atomic mass is 9.93. The summed E-state index contributed by atoms with van der Waals surface area (Å²) in [6.45, 7) is 0. The zero-order chi connectivity index (χ0) is 17.7. The Morgan fingerprint density at radius 1 is 0.667 bits per heavy atom. The molecule has 0 spiro atoms. The average Bonchev–Trinajstić information content (AvgIpc) is 2.59. The zero-order valence-corrected chi connectivity index (χ0v) is 14.4. The molecule has 0 unspecified atom stereocenters. The molecule has 0 radical (unpaired) electrons. The van der Waals surface area contributed by atoms with Gasteiger partial charge < -0.3 is 9.80 Å². The first kappa shape index (κ1) is 17.1. The highest BCUT2D eigenvalue weighted by Crippen LogP contribution is 2.29. The van der Waals surface area contributed by atoms with Gasteiger partial charge in [0.1, 0.15) is 17.7 Å². The predicted molar refractivity (Wildman–Crippen MR) is 98.8 cm³/mol. The first-order valence-electron chi connectivity index (χ1n) is 7.58. The van der Waals surface area contributed by atoms with E-state index in [4.69, 9.17) is 0 Å². The summed E-state index contributed by atoms with van der Waals surface area (Å²) in [5, 5.41) is 18.7. The van der Waals surface area contributed by atoms with E-state index in [9.17, 15) is 10.5 Å². The van der Waals surface area contributed by atoms with E-state index >= 15 is 0 Å². The third-order valence-electron chi connectivity index (χ3n) is 3.82. The third-order valence-corrected chi connectivity index (χ3v) is 3.82. The summed E-state index contributed by atoms with van der Waals surface area (Å²) >= 11 is 0. The summed E-state index contributed by atoms with van der Waals surface area (Å²) in [6.07, 6.45) is 0. The molecule has 2 rings (SSSR count). The van der Waals surface area contributed by atoms with Crippen LogP contribution in [0.2, 0.25) is 0 Å². The molecule has 0 aliphatic rings. The van der Waals surface area contributed by atoms with Gasteiger partial charge in [-0.25, -0.2) is 0 Å². The number of nitriles is 2. The second kappa shape index (κ2) is 7.35. The van der Waals surface area contributed by atoms with E-state index in [0.29, 0.717) is 5.57 Å². The third kappa shape index (κ3) is 3.56. The van der Waals surface area contributed by atoms with Crippen molar-refractivity contribution >= 4 is 16.9 Å². The molecule has 2 aromatic rings. The lowest BCUT2D eigenvalue weighted by Crippen LogP contribution is -2.08. The fraction of sp³-hybridized carbons (Fsp3) is 0.200. The van der Waals surface area contributed by atoms with Gasteiger partial charge in [-0.3, -0.25) is 0 Å². The first-order chi connectivity index (χ1) is 11.5. The summed E-state index contributed by atoms with van der Waals surface area (Å²) in [5.74, 6) is 0. The van der Waals surface area contributed by atoms with Gasteiger partial charge >= 0.3 is 0 Å². The summed E-state index contributed by atoms with van der Waals surface area (Å²) in [6, 6.07) is 19.7. The van der Waals surface area contributed by atoms with Gasteiger partial charge in [0.05, 0.1) is 0 Å². The highest BCUT2D eigenvalue weighted by atomic mass is 15.1. The van der Waals surface area contributed by atoms with Crippen molar-refractivity contribution < 1.29 is 0 Å². The molecule has 0 amide bonds. The van der Waals surface area contributed by atoms with Crippen LogP contribution in [0.5, 0.6) is 0 Å². The van der Waals surface area contributed by atoms with Crippen molar-refractivity contribution in [3.63, 3.8) is 0 Å². The van der Waals surface area contributed by atoms with Crippen LogP contribution in [0, 0.1) is 22.7 Å². The SMILES string of the molecule is CN(C)c1ccc(C(=C(C#N)C#N)c2ccc(N(C)C)cc2)cc1. The lowest BCUT2D eigenvalue weighted by Gasteiger charge is -2.16. The molecule has 0 atom stereocenters. The van der Waals surface area contributed by atoms with Crippen molar-refractivity contribution in [3.8, 4) is 12.1 Å². The fourth-order valence-electron chi connectivity index (χ4n) is 2.44. The highest BCUT2D eigenvalue weighted by molar-refractivity contribution is 5.87. The van der Waals surface area contributed by atoms with Crippen molar-refractivity contribution in [1.29, 1.82) is 10.5 Å². The molecule has 0 aliphatic heterocycles. The quantitative estimate of drug-likeness (QED) is 0.808. The lowest BCUT2D eigenvalue weighted by molar-refractivity contribution is 1.13. The monoisotopic (exact) mass is 316 g/mol. The molecular formula is C20H20N4. The number of benzene rings is 2. The Morgan fingerprint density at radius 2 is 1.00 bits per heavy atom. The van der Waals surface area contributed by atoms with E-state index in [-0.39, 0.29) is 5.57 Å². The van der Waals surface area contributed by atoms with E-state index in [1.165, 1.54) is 0 Å². The van der Waals surface area contributed by atoms with Crippen LogP contribution in [0.15, 0.2) is 54.1 Å². The first-order valence-corrected chi connectivity index (χ1v) is 7.58. The molecule has 0 bridgehead atoms. The Balaban J connectivity index is 2.57. The van der Waals surface area contributed by atoms with Crippen molar-refractivity contribution in [2.24, 2.45) is 0 Å². The Kier molecular flexibility index (Phi) is 5.24. The molecule has 0 aromatic heterocycles. The van der Waals surface area contributed by atoms with Crippen LogP contribution < -0.4 is 9.80 Å². The maximum atomic E-state index is 9.36. The Morgan fingerprint density at radius 3 is 1.25 bits per heavy atom. The Hall–Kier alpha value is -3.24. The molecular weight excluding hydrogens is 296 g/mol. The van der Waals surface area contributed by atoms with Crippen LogP contribution >= 0.6 is 0 Å².